The molecule has 5 N–H and O–H groups in total. The monoisotopic (exact) mass is 394 g/mol. The number of hydrogen-bond acceptors (Lipinski definition) is 4. The minimum Gasteiger partial charge on any atom is -0.366 e. The fraction of sp³-hybridized carbons (Fsp3) is 0.176. The number of hydrogen-bond donors (Lipinski definition) is 4. The molecule has 0 aromatic heterocycles. The number of benzene rings is 2. The average Bonchev–Trinajstić information content (AvgIpc) is 2.62. The van der Waals surface area contributed by atoms with E-state index in [4.69, 9.17) is 5.73 Å². The van der Waals surface area contributed by atoms with Gasteiger partial charge in [-0.3, -0.25) is 9.52 Å². The zero-order chi connectivity index (χ0) is 20.0. The van der Waals surface area contributed by atoms with Crippen molar-refractivity contribution < 1.29 is 22.4 Å². The number of urea groups is 1. The molecule has 3 amide bonds. The number of carbonyl (C=O) groups is 2. The van der Waals surface area contributed by atoms with Gasteiger partial charge in [-0.1, -0.05) is 12.1 Å². The number of nitrogens with two attached hydrogens (primary N) is 1. The van der Waals surface area contributed by atoms with E-state index in [-0.39, 0.29) is 23.5 Å². The summed E-state index contributed by atoms with van der Waals surface area (Å²) in [7, 11) is -3.35. The Morgan fingerprint density at radius 1 is 1.07 bits per heavy atom. The molecule has 144 valence electrons. The molecule has 0 heterocycles. The maximum absolute atomic E-state index is 13.4. The number of halogens is 1. The molecule has 0 unspecified atom stereocenters. The average molecular weight is 394 g/mol. The maximum Gasteiger partial charge on any atom is 0.319 e. The summed E-state index contributed by atoms with van der Waals surface area (Å²) in [6.45, 7) is 1.71. The lowest BCUT2D eigenvalue weighted by molar-refractivity contribution is 0.0996. The fourth-order valence-corrected chi connectivity index (χ4v) is 2.73. The van der Waals surface area contributed by atoms with E-state index in [1.807, 2.05) is 0 Å². The lowest BCUT2D eigenvalue weighted by atomic mass is 10.2. The topological polar surface area (TPSA) is 130 Å². The number of primary amides is 1. The van der Waals surface area contributed by atoms with Crippen molar-refractivity contribution in [3.63, 3.8) is 0 Å². The highest BCUT2D eigenvalue weighted by Gasteiger charge is 2.11. The number of amides is 3. The molecule has 0 spiro atoms. The SMILES string of the molecule is CCS(=O)(=O)Nc1ccc(CNC(=O)Nc2ccc(F)c(C(N)=O)c2)cc1. The largest absolute Gasteiger partial charge is 0.366 e. The third-order valence-electron chi connectivity index (χ3n) is 3.55. The Bertz CT molecular complexity index is 946. The second-order valence-corrected chi connectivity index (χ2v) is 7.58. The smallest absolute Gasteiger partial charge is 0.319 e. The highest BCUT2D eigenvalue weighted by molar-refractivity contribution is 7.92. The third kappa shape index (κ3) is 5.96. The number of nitrogens with one attached hydrogen (secondary N) is 3. The minimum atomic E-state index is -3.35. The van der Waals surface area contributed by atoms with Crippen molar-refractivity contribution in [2.75, 3.05) is 15.8 Å². The van der Waals surface area contributed by atoms with Gasteiger partial charge in [-0.2, -0.15) is 0 Å². The maximum atomic E-state index is 13.4. The van der Waals surface area contributed by atoms with Crippen molar-refractivity contribution >= 4 is 33.3 Å². The first-order valence-corrected chi connectivity index (χ1v) is 9.59. The van der Waals surface area contributed by atoms with Crippen LogP contribution >= 0.6 is 0 Å². The van der Waals surface area contributed by atoms with E-state index in [0.717, 1.165) is 17.7 Å². The summed E-state index contributed by atoms with van der Waals surface area (Å²) in [5.74, 6) is -1.74. The second kappa shape index (κ2) is 8.49. The van der Waals surface area contributed by atoms with Crippen molar-refractivity contribution in [2.24, 2.45) is 5.73 Å². The Hall–Kier alpha value is -3.14. The van der Waals surface area contributed by atoms with Gasteiger partial charge in [0.15, 0.2) is 0 Å². The molecule has 0 atom stereocenters. The quantitative estimate of drug-likeness (QED) is 0.572. The van der Waals surface area contributed by atoms with Gasteiger partial charge >= 0.3 is 6.03 Å². The first kappa shape index (κ1) is 20.2. The normalized spacial score (nSPS) is 10.9. The highest BCUT2D eigenvalue weighted by atomic mass is 32.2. The summed E-state index contributed by atoms with van der Waals surface area (Å²) < 4.78 is 38.8. The van der Waals surface area contributed by atoms with E-state index in [9.17, 15) is 22.4 Å². The van der Waals surface area contributed by atoms with Crippen LogP contribution in [0.2, 0.25) is 0 Å². The van der Waals surface area contributed by atoms with E-state index in [2.05, 4.69) is 15.4 Å². The van der Waals surface area contributed by atoms with E-state index >= 15 is 0 Å². The van der Waals surface area contributed by atoms with Crippen LogP contribution in [-0.4, -0.2) is 26.1 Å². The van der Waals surface area contributed by atoms with Crippen LogP contribution in [-0.2, 0) is 16.6 Å². The predicted molar refractivity (Wildman–Crippen MR) is 100 cm³/mol. The lowest BCUT2D eigenvalue weighted by Gasteiger charge is -2.10. The summed E-state index contributed by atoms with van der Waals surface area (Å²) in [5, 5.41) is 5.06. The fourth-order valence-electron chi connectivity index (χ4n) is 2.09. The van der Waals surface area contributed by atoms with Crippen molar-refractivity contribution in [3.05, 3.63) is 59.4 Å². The van der Waals surface area contributed by atoms with Crippen molar-refractivity contribution in [1.82, 2.24) is 5.32 Å². The molecule has 0 aliphatic rings. The molecule has 0 radical (unpaired) electrons. The van der Waals surface area contributed by atoms with Crippen LogP contribution in [0.15, 0.2) is 42.5 Å². The third-order valence-corrected chi connectivity index (χ3v) is 4.86. The molecule has 0 bridgehead atoms. The number of rotatable bonds is 7. The predicted octanol–water partition coefficient (Wildman–Crippen LogP) is 2.01. The van der Waals surface area contributed by atoms with Gasteiger partial charge in [0.2, 0.25) is 10.0 Å². The van der Waals surface area contributed by atoms with E-state index < -0.39 is 27.8 Å². The van der Waals surface area contributed by atoms with E-state index in [0.29, 0.717) is 5.69 Å². The molecule has 2 aromatic carbocycles. The first-order valence-electron chi connectivity index (χ1n) is 7.94. The Morgan fingerprint density at radius 2 is 1.70 bits per heavy atom. The molecule has 27 heavy (non-hydrogen) atoms. The number of anilines is 2. The zero-order valence-corrected chi connectivity index (χ0v) is 15.3. The van der Waals surface area contributed by atoms with Gasteiger partial charge in [-0.05, 0) is 42.8 Å². The molecule has 10 heteroatoms. The van der Waals surface area contributed by atoms with Gasteiger partial charge in [0.1, 0.15) is 5.82 Å². The molecule has 0 saturated carbocycles. The van der Waals surface area contributed by atoms with Crippen molar-refractivity contribution in [1.29, 1.82) is 0 Å². The van der Waals surface area contributed by atoms with Gasteiger partial charge < -0.3 is 16.4 Å². The van der Waals surface area contributed by atoms with Crippen LogP contribution in [0.3, 0.4) is 0 Å². The van der Waals surface area contributed by atoms with Crippen LogP contribution in [0.4, 0.5) is 20.6 Å². The van der Waals surface area contributed by atoms with Gasteiger partial charge in [0, 0.05) is 17.9 Å². The Kier molecular flexibility index (Phi) is 6.35. The second-order valence-electron chi connectivity index (χ2n) is 5.57. The summed E-state index contributed by atoms with van der Waals surface area (Å²) >= 11 is 0. The van der Waals surface area contributed by atoms with Gasteiger partial charge in [-0.15, -0.1) is 0 Å². The molecular weight excluding hydrogens is 375 g/mol. The minimum absolute atomic E-state index is 0.0304. The standard InChI is InChI=1S/C17H19FN4O4S/c1-2-27(25,26)22-12-5-3-11(4-6-12)10-20-17(24)21-13-7-8-15(18)14(9-13)16(19)23/h3-9,22H,2,10H2,1H3,(H2,19,23)(H2,20,21,24). The van der Waals surface area contributed by atoms with Gasteiger partial charge in [-0.25, -0.2) is 17.6 Å². The van der Waals surface area contributed by atoms with Crippen LogP contribution in [0.25, 0.3) is 0 Å². The van der Waals surface area contributed by atoms with E-state index in [1.54, 1.807) is 24.3 Å². The molecule has 2 aromatic rings. The summed E-state index contributed by atoms with van der Waals surface area (Å²) in [4.78, 5) is 23.0. The van der Waals surface area contributed by atoms with Crippen LogP contribution in [0.1, 0.15) is 22.8 Å². The van der Waals surface area contributed by atoms with Crippen molar-refractivity contribution in [3.8, 4) is 0 Å². The van der Waals surface area contributed by atoms with Gasteiger partial charge in [0.25, 0.3) is 5.91 Å². The van der Waals surface area contributed by atoms with E-state index in [1.165, 1.54) is 13.0 Å². The Balaban J connectivity index is 1.92. The molecule has 0 fully saturated rings. The van der Waals surface area contributed by atoms with Gasteiger partial charge in [0.05, 0.1) is 11.3 Å². The molecular formula is C17H19FN4O4S. The summed E-state index contributed by atoms with van der Waals surface area (Å²) in [5.41, 5.74) is 6.12. The number of carbonyl (C=O) groups excluding carboxylic acids is 2. The molecule has 0 saturated heterocycles. The summed E-state index contributed by atoms with van der Waals surface area (Å²) in [6, 6.07) is 9.41. The Morgan fingerprint density at radius 3 is 2.30 bits per heavy atom. The molecule has 0 aliphatic heterocycles. The lowest BCUT2D eigenvalue weighted by Crippen LogP contribution is -2.28. The first-order chi connectivity index (χ1) is 12.7. The van der Waals surface area contributed by atoms with Crippen LogP contribution < -0.4 is 21.1 Å². The zero-order valence-electron chi connectivity index (χ0n) is 14.5. The number of sulfonamides is 1. The highest BCUT2D eigenvalue weighted by Crippen LogP contribution is 2.15. The van der Waals surface area contributed by atoms with Crippen molar-refractivity contribution in [2.45, 2.75) is 13.5 Å². The molecule has 8 nitrogen and oxygen atoms in total. The molecule has 2 rings (SSSR count). The summed E-state index contributed by atoms with van der Waals surface area (Å²) in [6.07, 6.45) is 0. The Labute approximate surface area is 156 Å². The van der Waals surface area contributed by atoms with Crippen LogP contribution in [0, 0.1) is 5.82 Å². The molecule has 0 aliphatic carbocycles. The van der Waals surface area contributed by atoms with Crippen LogP contribution in [0.5, 0.6) is 0 Å².